The highest BCUT2D eigenvalue weighted by molar-refractivity contribution is 6.05. The average Bonchev–Trinajstić information content (AvgIpc) is 2.74. The maximum absolute atomic E-state index is 13.8. The van der Waals surface area contributed by atoms with E-state index in [1.165, 1.54) is 24.3 Å². The Morgan fingerprint density at radius 2 is 1.97 bits per heavy atom. The van der Waals surface area contributed by atoms with E-state index in [9.17, 15) is 23.9 Å². The molecule has 0 aliphatic carbocycles. The Kier molecular flexibility index (Phi) is 6.66. The second kappa shape index (κ2) is 9.39. The molecule has 2 aromatic rings. The maximum atomic E-state index is 13.8. The van der Waals surface area contributed by atoms with Crippen LogP contribution in [0, 0.1) is 11.7 Å². The lowest BCUT2D eigenvalue weighted by Gasteiger charge is -2.34. The second-order valence-corrected chi connectivity index (χ2v) is 7.01. The molecule has 8 heteroatoms. The first-order valence-electron chi connectivity index (χ1n) is 9.75. The number of carbonyl (C=O) groups excluding carboxylic acids is 2. The van der Waals surface area contributed by atoms with Gasteiger partial charge in [0.1, 0.15) is 5.82 Å². The van der Waals surface area contributed by atoms with Crippen LogP contribution in [-0.2, 0) is 9.53 Å². The Hall–Kier alpha value is -3.42. The first-order valence-corrected chi connectivity index (χ1v) is 9.75. The number of piperidine rings is 1. The molecule has 1 aliphatic rings. The summed E-state index contributed by atoms with van der Waals surface area (Å²) >= 11 is 0. The van der Waals surface area contributed by atoms with Gasteiger partial charge in [-0.3, -0.25) is 9.59 Å². The van der Waals surface area contributed by atoms with Crippen LogP contribution in [0.4, 0.5) is 15.8 Å². The van der Waals surface area contributed by atoms with Crippen molar-refractivity contribution in [3.8, 4) is 0 Å². The zero-order valence-corrected chi connectivity index (χ0v) is 16.6. The third-order valence-electron chi connectivity index (χ3n) is 4.99. The summed E-state index contributed by atoms with van der Waals surface area (Å²) in [7, 11) is 0. The number of aromatic carboxylic acids is 1. The highest BCUT2D eigenvalue weighted by Gasteiger charge is 2.29. The van der Waals surface area contributed by atoms with Gasteiger partial charge in [-0.05, 0) is 50.1 Å². The van der Waals surface area contributed by atoms with Gasteiger partial charge in [0.25, 0.3) is 5.91 Å². The molecule has 0 unspecified atom stereocenters. The minimum absolute atomic E-state index is 0.00848. The van der Waals surface area contributed by atoms with Crippen LogP contribution in [0.2, 0.25) is 0 Å². The van der Waals surface area contributed by atoms with Crippen molar-refractivity contribution >= 4 is 29.2 Å². The second-order valence-electron chi connectivity index (χ2n) is 7.01. The molecule has 0 bridgehead atoms. The van der Waals surface area contributed by atoms with E-state index >= 15 is 0 Å². The molecule has 1 heterocycles. The van der Waals surface area contributed by atoms with Crippen molar-refractivity contribution < 1.29 is 28.6 Å². The summed E-state index contributed by atoms with van der Waals surface area (Å²) in [5.74, 6) is -3.10. The summed E-state index contributed by atoms with van der Waals surface area (Å²) in [6.07, 6.45) is 1.42. The predicted octanol–water partition coefficient (Wildman–Crippen LogP) is 3.56. The number of nitrogens with one attached hydrogen (secondary N) is 1. The molecular formula is C22H23FN2O5. The lowest BCUT2D eigenvalue weighted by molar-refractivity contribution is -0.148. The van der Waals surface area contributed by atoms with Crippen LogP contribution in [0.3, 0.4) is 0 Å². The van der Waals surface area contributed by atoms with Crippen LogP contribution in [0.5, 0.6) is 0 Å². The number of halogens is 1. The van der Waals surface area contributed by atoms with Crippen LogP contribution in [-0.4, -0.2) is 42.6 Å². The molecule has 7 nitrogen and oxygen atoms in total. The van der Waals surface area contributed by atoms with E-state index in [-0.39, 0.29) is 28.7 Å². The summed E-state index contributed by atoms with van der Waals surface area (Å²) in [6.45, 7) is 3.01. The van der Waals surface area contributed by atoms with Crippen molar-refractivity contribution in [1.82, 2.24) is 0 Å². The summed E-state index contributed by atoms with van der Waals surface area (Å²) in [5.41, 5.74) is 0.557. The fourth-order valence-corrected chi connectivity index (χ4v) is 3.55. The number of carbonyl (C=O) groups is 3. The van der Waals surface area contributed by atoms with Crippen molar-refractivity contribution in [1.29, 1.82) is 0 Å². The normalized spacial score (nSPS) is 16.1. The van der Waals surface area contributed by atoms with E-state index < -0.39 is 17.7 Å². The lowest BCUT2D eigenvalue weighted by atomic mass is 9.96. The summed E-state index contributed by atoms with van der Waals surface area (Å²) < 4.78 is 18.9. The Balaban J connectivity index is 1.82. The molecule has 1 saturated heterocycles. The smallest absolute Gasteiger partial charge is 0.337 e. The summed E-state index contributed by atoms with van der Waals surface area (Å²) in [4.78, 5) is 38.1. The molecule has 2 N–H and O–H groups in total. The molecule has 1 amide bonds. The topological polar surface area (TPSA) is 95.9 Å². The van der Waals surface area contributed by atoms with Crippen LogP contribution in [0.25, 0.3) is 0 Å². The number of rotatable bonds is 6. The molecule has 30 heavy (non-hydrogen) atoms. The van der Waals surface area contributed by atoms with Gasteiger partial charge in [0.15, 0.2) is 0 Å². The van der Waals surface area contributed by atoms with Gasteiger partial charge in [0, 0.05) is 18.8 Å². The van der Waals surface area contributed by atoms with Crippen LogP contribution in [0.15, 0.2) is 42.5 Å². The molecule has 1 atom stereocenters. The number of nitrogens with zero attached hydrogens (tertiary/aromatic N) is 1. The zero-order valence-electron chi connectivity index (χ0n) is 16.6. The molecule has 0 aromatic heterocycles. The van der Waals surface area contributed by atoms with E-state index in [1.54, 1.807) is 25.1 Å². The minimum Gasteiger partial charge on any atom is -0.478 e. The van der Waals surface area contributed by atoms with E-state index in [2.05, 4.69) is 5.32 Å². The molecule has 1 fully saturated rings. The van der Waals surface area contributed by atoms with Crippen LogP contribution in [0.1, 0.15) is 40.5 Å². The molecule has 3 rings (SSSR count). The molecule has 2 aromatic carbocycles. The number of ether oxygens (including phenoxy) is 1. The number of amides is 1. The zero-order chi connectivity index (χ0) is 21.7. The predicted molar refractivity (Wildman–Crippen MR) is 109 cm³/mol. The molecule has 1 aliphatic heterocycles. The van der Waals surface area contributed by atoms with Gasteiger partial charge in [-0.15, -0.1) is 0 Å². The Labute approximate surface area is 173 Å². The van der Waals surface area contributed by atoms with Gasteiger partial charge >= 0.3 is 11.9 Å². The third kappa shape index (κ3) is 4.76. The molecule has 0 spiro atoms. The number of carboxylic acid groups (broad SMARTS) is 1. The van der Waals surface area contributed by atoms with Crippen molar-refractivity contribution in [3.63, 3.8) is 0 Å². The Bertz CT molecular complexity index is 962. The number of benzene rings is 2. The van der Waals surface area contributed by atoms with Gasteiger partial charge in [0.05, 0.1) is 29.3 Å². The van der Waals surface area contributed by atoms with E-state index in [4.69, 9.17) is 4.74 Å². The monoisotopic (exact) mass is 414 g/mol. The minimum atomic E-state index is -1.16. The van der Waals surface area contributed by atoms with E-state index in [1.807, 2.05) is 4.90 Å². The fourth-order valence-electron chi connectivity index (χ4n) is 3.55. The summed E-state index contributed by atoms with van der Waals surface area (Å²) in [5, 5.41) is 12.2. The van der Waals surface area contributed by atoms with Crippen molar-refractivity contribution in [2.75, 3.05) is 29.9 Å². The van der Waals surface area contributed by atoms with Crippen molar-refractivity contribution in [2.45, 2.75) is 19.8 Å². The lowest BCUT2D eigenvalue weighted by Crippen LogP contribution is -2.40. The molecule has 158 valence electrons. The average molecular weight is 414 g/mol. The van der Waals surface area contributed by atoms with E-state index in [0.29, 0.717) is 31.8 Å². The number of esters is 1. The highest BCUT2D eigenvalue weighted by Crippen LogP contribution is 2.29. The van der Waals surface area contributed by atoms with Crippen LogP contribution >= 0.6 is 0 Å². The number of carboxylic acids is 1. The first-order chi connectivity index (χ1) is 14.4. The third-order valence-corrected chi connectivity index (χ3v) is 4.99. The standard InChI is InChI=1S/C22H23FN2O5/c1-2-30-22(29)14-6-5-11-25(13-14)19-10-9-15(12-17(19)21(27)28)24-20(26)16-7-3-4-8-18(16)23/h3-4,7-10,12,14H,2,5-6,11,13H2,1H3,(H,24,26)(H,27,28)/t14-/m1/s1. The molecular weight excluding hydrogens is 391 g/mol. The molecule has 0 radical (unpaired) electrons. The fraction of sp³-hybridized carbons (Fsp3) is 0.318. The van der Waals surface area contributed by atoms with Gasteiger partial charge in [0.2, 0.25) is 0 Å². The molecule has 0 saturated carbocycles. The number of anilines is 2. The first kappa shape index (κ1) is 21.3. The van der Waals surface area contributed by atoms with Crippen molar-refractivity contribution in [2.24, 2.45) is 5.92 Å². The Morgan fingerprint density at radius 1 is 1.20 bits per heavy atom. The van der Waals surface area contributed by atoms with Gasteiger partial charge in [-0.2, -0.15) is 0 Å². The van der Waals surface area contributed by atoms with Crippen LogP contribution < -0.4 is 10.2 Å². The Morgan fingerprint density at radius 3 is 2.67 bits per heavy atom. The van der Waals surface area contributed by atoms with Gasteiger partial charge in [-0.1, -0.05) is 12.1 Å². The van der Waals surface area contributed by atoms with Gasteiger partial charge < -0.3 is 20.1 Å². The van der Waals surface area contributed by atoms with Crippen molar-refractivity contribution in [3.05, 3.63) is 59.4 Å². The largest absolute Gasteiger partial charge is 0.478 e. The summed E-state index contributed by atoms with van der Waals surface area (Å²) in [6, 6.07) is 10.0. The number of hydrogen-bond donors (Lipinski definition) is 2. The van der Waals surface area contributed by atoms with E-state index in [0.717, 1.165) is 6.42 Å². The quantitative estimate of drug-likeness (QED) is 0.702. The SMILES string of the molecule is CCOC(=O)[C@@H]1CCCN(c2ccc(NC(=O)c3ccccc3F)cc2C(=O)O)C1. The maximum Gasteiger partial charge on any atom is 0.337 e. The highest BCUT2D eigenvalue weighted by atomic mass is 19.1. The number of hydrogen-bond acceptors (Lipinski definition) is 5. The van der Waals surface area contributed by atoms with Gasteiger partial charge in [-0.25, -0.2) is 9.18 Å².